The minimum Gasteiger partial charge on any atom is -0.298 e. The van der Waals surface area contributed by atoms with Crippen LogP contribution in [0.5, 0.6) is 0 Å². The van der Waals surface area contributed by atoms with E-state index >= 15 is 0 Å². The number of hydrogen-bond acceptors (Lipinski definition) is 1. The number of aldehydes is 1. The largest absolute Gasteiger partial charge is 0.298 e. The van der Waals surface area contributed by atoms with Crippen molar-refractivity contribution in [2.24, 2.45) is 0 Å². The van der Waals surface area contributed by atoms with Gasteiger partial charge >= 0.3 is 0 Å². The Morgan fingerprint density at radius 1 is 1.38 bits per heavy atom. The van der Waals surface area contributed by atoms with Gasteiger partial charge in [-0.3, -0.25) is 4.79 Å². The van der Waals surface area contributed by atoms with E-state index in [-0.39, 0.29) is 5.41 Å². The molecule has 0 spiro atoms. The Bertz CT molecular complexity index is 353. The van der Waals surface area contributed by atoms with Gasteiger partial charge in [0.25, 0.3) is 0 Å². The summed E-state index contributed by atoms with van der Waals surface area (Å²) in [6.45, 7) is 8.17. The van der Waals surface area contributed by atoms with Crippen molar-refractivity contribution in [2.45, 2.75) is 38.5 Å². The maximum atomic E-state index is 11.0. The van der Waals surface area contributed by atoms with Gasteiger partial charge < -0.3 is 0 Å². The van der Waals surface area contributed by atoms with Crippen molar-refractivity contribution >= 4 is 6.29 Å². The van der Waals surface area contributed by atoms with Crippen LogP contribution in [0, 0.1) is 0 Å². The summed E-state index contributed by atoms with van der Waals surface area (Å²) >= 11 is 0. The first-order valence-electron chi connectivity index (χ1n) is 5.85. The van der Waals surface area contributed by atoms with Crippen molar-refractivity contribution in [3.8, 4) is 0 Å². The first kappa shape index (κ1) is 12.7. The lowest BCUT2D eigenvalue weighted by Gasteiger charge is -2.30. The molecular formula is C15H20O. The van der Waals surface area contributed by atoms with Crippen LogP contribution < -0.4 is 0 Å². The van der Waals surface area contributed by atoms with E-state index in [1.165, 1.54) is 5.56 Å². The van der Waals surface area contributed by atoms with Crippen molar-refractivity contribution in [1.82, 2.24) is 0 Å². The molecule has 0 bridgehead atoms. The fourth-order valence-electron chi connectivity index (χ4n) is 1.96. The zero-order valence-corrected chi connectivity index (χ0v) is 10.2. The van der Waals surface area contributed by atoms with E-state index < -0.39 is 0 Å². The van der Waals surface area contributed by atoms with E-state index in [0.717, 1.165) is 25.5 Å². The predicted octanol–water partition coefficient (Wildman–Crippen LogP) is 3.89. The summed E-state index contributed by atoms with van der Waals surface area (Å²) in [5, 5.41) is 0. The van der Waals surface area contributed by atoms with Crippen molar-refractivity contribution < 1.29 is 4.79 Å². The van der Waals surface area contributed by atoms with Gasteiger partial charge in [-0.25, -0.2) is 0 Å². The van der Waals surface area contributed by atoms with Crippen LogP contribution in [0.4, 0.5) is 0 Å². The summed E-state index contributed by atoms with van der Waals surface area (Å²) in [6.07, 6.45) is 4.11. The van der Waals surface area contributed by atoms with Crippen LogP contribution in [-0.4, -0.2) is 6.29 Å². The van der Waals surface area contributed by atoms with Crippen LogP contribution in [0.15, 0.2) is 42.5 Å². The first-order valence-corrected chi connectivity index (χ1v) is 5.85. The van der Waals surface area contributed by atoms with Crippen molar-refractivity contribution in [3.05, 3.63) is 48.0 Å². The van der Waals surface area contributed by atoms with Crippen LogP contribution >= 0.6 is 0 Å². The fourth-order valence-corrected chi connectivity index (χ4v) is 1.96. The molecule has 0 aromatic heterocycles. The van der Waals surface area contributed by atoms with Gasteiger partial charge in [-0.2, -0.15) is 0 Å². The molecule has 0 saturated carbocycles. The molecule has 0 amide bonds. The van der Waals surface area contributed by atoms with E-state index in [9.17, 15) is 4.79 Å². The minimum atomic E-state index is -0.209. The number of hydrogen-bond donors (Lipinski definition) is 0. The van der Waals surface area contributed by atoms with Crippen molar-refractivity contribution in [3.63, 3.8) is 0 Å². The molecule has 0 aliphatic rings. The van der Waals surface area contributed by atoms with E-state index in [0.29, 0.717) is 5.57 Å². The second-order valence-electron chi connectivity index (χ2n) is 4.44. The van der Waals surface area contributed by atoms with Gasteiger partial charge in [-0.15, -0.1) is 0 Å². The molecule has 16 heavy (non-hydrogen) atoms. The van der Waals surface area contributed by atoms with Gasteiger partial charge in [0.05, 0.1) is 0 Å². The summed E-state index contributed by atoms with van der Waals surface area (Å²) in [4.78, 5) is 11.0. The SMILES string of the molecule is C=C(C=O)C(C)(CCCC)c1ccccc1. The van der Waals surface area contributed by atoms with E-state index in [4.69, 9.17) is 0 Å². The molecule has 1 aromatic carbocycles. The molecule has 0 N–H and O–H groups in total. The van der Waals surface area contributed by atoms with Crippen LogP contribution in [0.25, 0.3) is 0 Å². The highest BCUT2D eigenvalue weighted by Crippen LogP contribution is 2.34. The average Bonchev–Trinajstić information content (AvgIpc) is 2.36. The van der Waals surface area contributed by atoms with Gasteiger partial charge in [0.15, 0.2) is 0 Å². The molecule has 0 aliphatic heterocycles. The molecule has 0 fully saturated rings. The maximum absolute atomic E-state index is 11.0. The summed E-state index contributed by atoms with van der Waals surface area (Å²) in [6, 6.07) is 10.2. The van der Waals surface area contributed by atoms with Crippen molar-refractivity contribution in [1.29, 1.82) is 0 Å². The molecule has 1 unspecified atom stereocenters. The Kier molecular flexibility index (Phi) is 4.48. The van der Waals surface area contributed by atoms with Crippen LogP contribution in [-0.2, 0) is 10.2 Å². The normalized spacial score (nSPS) is 14.1. The summed E-state index contributed by atoms with van der Waals surface area (Å²) in [5.74, 6) is 0. The zero-order valence-electron chi connectivity index (χ0n) is 10.2. The molecular weight excluding hydrogens is 196 g/mol. The molecule has 1 rings (SSSR count). The summed E-state index contributed by atoms with van der Waals surface area (Å²) < 4.78 is 0. The van der Waals surface area contributed by atoms with Gasteiger partial charge in [0.1, 0.15) is 6.29 Å². The smallest absolute Gasteiger partial charge is 0.146 e. The number of carbonyl (C=O) groups is 1. The molecule has 1 aromatic rings. The lowest BCUT2D eigenvalue weighted by atomic mass is 9.73. The second-order valence-corrected chi connectivity index (χ2v) is 4.44. The standard InChI is InChI=1S/C15H20O/c1-4-5-11-15(3,13(2)12-16)14-9-7-6-8-10-14/h6-10,12H,2,4-5,11H2,1,3H3. The van der Waals surface area contributed by atoms with Crippen LogP contribution in [0.1, 0.15) is 38.7 Å². The monoisotopic (exact) mass is 216 g/mol. The number of unbranched alkanes of at least 4 members (excludes halogenated alkanes) is 1. The Morgan fingerprint density at radius 2 is 2.00 bits per heavy atom. The number of allylic oxidation sites excluding steroid dienone is 1. The molecule has 0 heterocycles. The van der Waals surface area contributed by atoms with E-state index in [1.807, 2.05) is 18.2 Å². The quantitative estimate of drug-likeness (QED) is 0.521. The van der Waals surface area contributed by atoms with Gasteiger partial charge in [-0.1, -0.05) is 63.6 Å². The maximum Gasteiger partial charge on any atom is 0.146 e. The third-order valence-corrected chi connectivity index (χ3v) is 3.29. The molecule has 86 valence electrons. The molecule has 1 nitrogen and oxygen atoms in total. The third-order valence-electron chi connectivity index (χ3n) is 3.29. The van der Waals surface area contributed by atoms with Crippen LogP contribution in [0.3, 0.4) is 0 Å². The average molecular weight is 216 g/mol. The Morgan fingerprint density at radius 3 is 2.50 bits per heavy atom. The van der Waals surface area contributed by atoms with E-state index in [2.05, 4.69) is 32.6 Å². The minimum absolute atomic E-state index is 0.209. The Hall–Kier alpha value is -1.37. The van der Waals surface area contributed by atoms with Gasteiger partial charge in [-0.05, 0) is 17.6 Å². The number of rotatable bonds is 6. The highest BCUT2D eigenvalue weighted by Gasteiger charge is 2.28. The second kappa shape index (κ2) is 5.64. The molecule has 1 atom stereocenters. The van der Waals surface area contributed by atoms with E-state index in [1.54, 1.807) is 0 Å². The highest BCUT2D eigenvalue weighted by molar-refractivity contribution is 5.76. The predicted molar refractivity (Wildman–Crippen MR) is 68.5 cm³/mol. The molecule has 1 heteroatoms. The zero-order chi connectivity index (χ0) is 12.0. The summed E-state index contributed by atoms with van der Waals surface area (Å²) in [7, 11) is 0. The topological polar surface area (TPSA) is 17.1 Å². The van der Waals surface area contributed by atoms with Gasteiger partial charge in [0.2, 0.25) is 0 Å². The third kappa shape index (κ3) is 2.60. The molecule has 0 radical (unpaired) electrons. The highest BCUT2D eigenvalue weighted by atomic mass is 16.1. The lowest BCUT2D eigenvalue weighted by Crippen LogP contribution is -2.25. The van der Waals surface area contributed by atoms with Gasteiger partial charge in [0, 0.05) is 5.41 Å². The lowest BCUT2D eigenvalue weighted by molar-refractivity contribution is -0.105. The number of benzene rings is 1. The van der Waals surface area contributed by atoms with Crippen molar-refractivity contribution in [2.75, 3.05) is 0 Å². The Balaban J connectivity index is 3.04. The Labute approximate surface area is 98.2 Å². The molecule has 0 aliphatic carbocycles. The first-order chi connectivity index (χ1) is 7.65. The molecule has 0 saturated heterocycles. The summed E-state index contributed by atoms with van der Waals surface area (Å²) in [5.41, 5.74) is 1.65. The number of carbonyl (C=O) groups excluding carboxylic acids is 1. The van der Waals surface area contributed by atoms with Crippen LogP contribution in [0.2, 0.25) is 0 Å². The fraction of sp³-hybridized carbons (Fsp3) is 0.400.